The normalized spacial score (nSPS) is 9.54. The first kappa shape index (κ1) is 9.92. The number of amides is 1. The van der Waals surface area contributed by atoms with Crippen molar-refractivity contribution in [3.8, 4) is 0 Å². The Morgan fingerprint density at radius 3 is 3.08 bits per heavy atom. The summed E-state index contributed by atoms with van der Waals surface area (Å²) in [5.41, 5.74) is 1.10. The Balaban J connectivity index is 2.19. The quantitative estimate of drug-likeness (QED) is 0.724. The summed E-state index contributed by atoms with van der Waals surface area (Å²) in [6, 6.07) is 1.96. The van der Waals surface area contributed by atoms with E-state index in [1.54, 1.807) is 11.3 Å². The van der Waals surface area contributed by atoms with Crippen LogP contribution >= 0.6 is 11.3 Å². The van der Waals surface area contributed by atoms with Crippen LogP contribution in [0.2, 0.25) is 0 Å². The van der Waals surface area contributed by atoms with Crippen LogP contribution in [0.1, 0.15) is 18.4 Å². The maximum atomic E-state index is 11.0. The SMILES string of the molecule is O=CCCC(=O)NCc1ccsc1. The van der Waals surface area contributed by atoms with Crippen molar-refractivity contribution < 1.29 is 9.59 Å². The summed E-state index contributed by atoms with van der Waals surface area (Å²) in [5, 5.41) is 6.68. The third-order valence-electron chi connectivity index (χ3n) is 1.56. The average Bonchev–Trinajstić information content (AvgIpc) is 2.64. The lowest BCUT2D eigenvalue weighted by atomic mass is 10.3. The first-order chi connectivity index (χ1) is 6.33. The van der Waals surface area contributed by atoms with E-state index in [4.69, 9.17) is 0 Å². The van der Waals surface area contributed by atoms with Crippen molar-refractivity contribution >= 4 is 23.5 Å². The number of rotatable bonds is 5. The Kier molecular flexibility index (Phi) is 4.18. The molecule has 13 heavy (non-hydrogen) atoms. The Hall–Kier alpha value is -1.16. The summed E-state index contributed by atoms with van der Waals surface area (Å²) in [6.07, 6.45) is 1.34. The van der Waals surface area contributed by atoms with Crippen molar-refractivity contribution in [2.75, 3.05) is 0 Å². The zero-order chi connectivity index (χ0) is 9.52. The van der Waals surface area contributed by atoms with Crippen molar-refractivity contribution in [3.05, 3.63) is 22.4 Å². The highest BCUT2D eigenvalue weighted by Crippen LogP contribution is 2.04. The second-order valence-corrected chi connectivity index (χ2v) is 3.39. The van der Waals surface area contributed by atoms with Crippen molar-refractivity contribution in [2.24, 2.45) is 0 Å². The first-order valence-electron chi connectivity index (χ1n) is 4.04. The molecule has 0 fully saturated rings. The standard InChI is InChI=1S/C9H11NO2S/c11-4-1-2-9(12)10-6-8-3-5-13-7-8/h3-5,7H,1-2,6H2,(H,10,12). The third-order valence-corrected chi connectivity index (χ3v) is 2.29. The highest BCUT2D eigenvalue weighted by atomic mass is 32.1. The molecular formula is C9H11NO2S. The van der Waals surface area contributed by atoms with Gasteiger partial charge in [-0.2, -0.15) is 11.3 Å². The van der Waals surface area contributed by atoms with Gasteiger partial charge in [0.25, 0.3) is 0 Å². The number of hydrogen-bond acceptors (Lipinski definition) is 3. The predicted molar refractivity (Wildman–Crippen MR) is 51.5 cm³/mol. The van der Waals surface area contributed by atoms with Gasteiger partial charge in [0.15, 0.2) is 0 Å². The molecule has 1 rings (SSSR count). The Bertz CT molecular complexity index is 269. The summed E-state index contributed by atoms with van der Waals surface area (Å²) >= 11 is 1.60. The third kappa shape index (κ3) is 3.85. The van der Waals surface area contributed by atoms with Gasteiger partial charge in [-0.15, -0.1) is 0 Å². The van der Waals surface area contributed by atoms with E-state index in [0.29, 0.717) is 13.0 Å². The van der Waals surface area contributed by atoms with Crippen molar-refractivity contribution in [3.63, 3.8) is 0 Å². The minimum atomic E-state index is -0.0710. The molecule has 0 radical (unpaired) electrons. The Labute approximate surface area is 80.8 Å². The summed E-state index contributed by atoms with van der Waals surface area (Å²) in [6.45, 7) is 0.557. The molecule has 1 amide bonds. The lowest BCUT2D eigenvalue weighted by molar-refractivity contribution is -0.122. The van der Waals surface area contributed by atoms with Crippen LogP contribution in [-0.4, -0.2) is 12.2 Å². The van der Waals surface area contributed by atoms with Gasteiger partial charge in [-0.3, -0.25) is 4.79 Å². The number of carbonyl (C=O) groups excluding carboxylic acids is 2. The maximum absolute atomic E-state index is 11.0. The highest BCUT2D eigenvalue weighted by Gasteiger charge is 1.99. The van der Waals surface area contributed by atoms with Crippen molar-refractivity contribution in [2.45, 2.75) is 19.4 Å². The number of hydrogen-bond donors (Lipinski definition) is 1. The predicted octanol–water partition coefficient (Wildman–Crippen LogP) is 1.34. The molecule has 0 saturated heterocycles. The van der Waals surface area contributed by atoms with Crippen LogP contribution in [0.3, 0.4) is 0 Å². The molecule has 1 aromatic rings. The first-order valence-corrected chi connectivity index (χ1v) is 4.98. The van der Waals surface area contributed by atoms with Gasteiger partial charge in [0.1, 0.15) is 6.29 Å². The molecule has 0 aliphatic heterocycles. The van der Waals surface area contributed by atoms with Crippen LogP contribution < -0.4 is 5.32 Å². The zero-order valence-corrected chi connectivity index (χ0v) is 7.97. The van der Waals surface area contributed by atoms with Gasteiger partial charge in [-0.1, -0.05) is 0 Å². The fourth-order valence-corrected chi connectivity index (χ4v) is 1.54. The van der Waals surface area contributed by atoms with Crippen LogP contribution in [-0.2, 0) is 16.1 Å². The molecule has 70 valence electrons. The molecule has 0 saturated carbocycles. The lowest BCUT2D eigenvalue weighted by Crippen LogP contribution is -2.22. The molecule has 0 aromatic carbocycles. The summed E-state index contributed by atoms with van der Waals surface area (Å²) in [4.78, 5) is 21.0. The van der Waals surface area contributed by atoms with Crippen LogP contribution in [0, 0.1) is 0 Å². The second-order valence-electron chi connectivity index (χ2n) is 2.61. The fraction of sp³-hybridized carbons (Fsp3) is 0.333. The minimum Gasteiger partial charge on any atom is -0.352 e. The molecular weight excluding hydrogens is 186 g/mol. The van der Waals surface area contributed by atoms with Gasteiger partial charge in [-0.05, 0) is 22.4 Å². The Morgan fingerprint density at radius 2 is 2.46 bits per heavy atom. The van der Waals surface area contributed by atoms with E-state index in [1.165, 1.54) is 0 Å². The van der Waals surface area contributed by atoms with E-state index < -0.39 is 0 Å². The monoisotopic (exact) mass is 197 g/mol. The van der Waals surface area contributed by atoms with Gasteiger partial charge >= 0.3 is 0 Å². The number of aldehydes is 1. The fourth-order valence-electron chi connectivity index (χ4n) is 0.872. The molecule has 0 aliphatic rings. The molecule has 0 bridgehead atoms. The van der Waals surface area contributed by atoms with E-state index in [-0.39, 0.29) is 12.3 Å². The number of thiophene rings is 1. The van der Waals surface area contributed by atoms with Gasteiger partial charge in [0.05, 0.1) is 0 Å². The molecule has 1 aromatic heterocycles. The number of carbonyl (C=O) groups is 2. The van der Waals surface area contributed by atoms with Crippen LogP contribution in [0.5, 0.6) is 0 Å². The lowest BCUT2D eigenvalue weighted by Gasteiger charge is -2.00. The summed E-state index contributed by atoms with van der Waals surface area (Å²) in [7, 11) is 0. The van der Waals surface area contributed by atoms with E-state index in [2.05, 4.69) is 5.32 Å². The minimum absolute atomic E-state index is 0.0710. The van der Waals surface area contributed by atoms with E-state index in [9.17, 15) is 9.59 Å². The highest BCUT2D eigenvalue weighted by molar-refractivity contribution is 7.07. The average molecular weight is 197 g/mol. The van der Waals surface area contributed by atoms with Gasteiger partial charge in [0.2, 0.25) is 5.91 Å². The zero-order valence-electron chi connectivity index (χ0n) is 7.16. The molecule has 0 atom stereocenters. The number of nitrogens with one attached hydrogen (secondary N) is 1. The second kappa shape index (κ2) is 5.48. The van der Waals surface area contributed by atoms with Crippen LogP contribution in [0.15, 0.2) is 16.8 Å². The van der Waals surface area contributed by atoms with Crippen molar-refractivity contribution in [1.82, 2.24) is 5.32 Å². The molecule has 0 unspecified atom stereocenters. The smallest absolute Gasteiger partial charge is 0.220 e. The molecule has 0 spiro atoms. The topological polar surface area (TPSA) is 46.2 Å². The molecule has 3 nitrogen and oxygen atoms in total. The summed E-state index contributed by atoms with van der Waals surface area (Å²) < 4.78 is 0. The van der Waals surface area contributed by atoms with Crippen molar-refractivity contribution in [1.29, 1.82) is 0 Å². The van der Waals surface area contributed by atoms with E-state index in [1.807, 2.05) is 16.8 Å². The van der Waals surface area contributed by atoms with E-state index in [0.717, 1.165) is 11.8 Å². The van der Waals surface area contributed by atoms with Crippen LogP contribution in [0.25, 0.3) is 0 Å². The largest absolute Gasteiger partial charge is 0.352 e. The summed E-state index contributed by atoms with van der Waals surface area (Å²) in [5.74, 6) is -0.0710. The Morgan fingerprint density at radius 1 is 1.62 bits per heavy atom. The molecule has 1 heterocycles. The molecule has 4 heteroatoms. The van der Waals surface area contributed by atoms with E-state index >= 15 is 0 Å². The van der Waals surface area contributed by atoms with Gasteiger partial charge < -0.3 is 10.1 Å². The molecule has 0 aliphatic carbocycles. The van der Waals surface area contributed by atoms with Gasteiger partial charge in [-0.25, -0.2) is 0 Å². The molecule has 1 N–H and O–H groups in total. The van der Waals surface area contributed by atoms with Crippen LogP contribution in [0.4, 0.5) is 0 Å². The van der Waals surface area contributed by atoms with Gasteiger partial charge in [0, 0.05) is 19.4 Å². The maximum Gasteiger partial charge on any atom is 0.220 e.